The van der Waals surface area contributed by atoms with Crippen LogP contribution in [0.1, 0.15) is 17.8 Å². The van der Waals surface area contributed by atoms with Crippen molar-refractivity contribution in [2.45, 2.75) is 19.9 Å². The molecule has 0 saturated carbocycles. The Labute approximate surface area is 162 Å². The molecule has 3 rings (SSSR count). The highest BCUT2D eigenvalue weighted by Gasteiger charge is 2.11. The van der Waals surface area contributed by atoms with E-state index in [4.69, 9.17) is 24.5 Å². The summed E-state index contributed by atoms with van der Waals surface area (Å²) in [6.07, 6.45) is 0.533. The van der Waals surface area contributed by atoms with Crippen molar-refractivity contribution in [3.63, 3.8) is 0 Å². The van der Waals surface area contributed by atoms with Gasteiger partial charge < -0.3 is 25.3 Å². The molecule has 0 unspecified atom stereocenters. The van der Waals surface area contributed by atoms with E-state index in [2.05, 4.69) is 20.2 Å². The number of amides is 1. The first-order valence-corrected chi connectivity index (χ1v) is 8.71. The van der Waals surface area contributed by atoms with Gasteiger partial charge in [0.2, 0.25) is 5.91 Å². The van der Waals surface area contributed by atoms with Crippen molar-refractivity contribution in [3.8, 4) is 0 Å². The first-order valence-electron chi connectivity index (χ1n) is 8.71. The van der Waals surface area contributed by atoms with E-state index in [9.17, 15) is 4.79 Å². The molecule has 1 aliphatic rings. The zero-order valence-corrected chi connectivity index (χ0v) is 15.8. The number of carboxylic acid groups (broad SMARTS) is 2. The molecule has 1 aromatic carbocycles. The van der Waals surface area contributed by atoms with Gasteiger partial charge in [-0.1, -0.05) is 6.07 Å². The Morgan fingerprint density at radius 2 is 1.93 bits per heavy atom. The number of nitrogens with one attached hydrogen (secondary N) is 2. The van der Waals surface area contributed by atoms with Gasteiger partial charge in [0.1, 0.15) is 5.82 Å². The Morgan fingerprint density at radius 3 is 2.57 bits per heavy atom. The standard InChI is InChI=1S/C16H22N4O2.2CH2O2/c1-12-18-14-3-2-13(10-15(14)19-12)11-17-16(21)4-5-20-6-8-22-9-7-20;2*2-1-3/h2-3,10H,4-9,11H2,1H3,(H,17,21)(H,18,19);2*1H,(H,2,3). The van der Waals surface area contributed by atoms with Gasteiger partial charge in [0.15, 0.2) is 0 Å². The minimum Gasteiger partial charge on any atom is -0.483 e. The lowest BCUT2D eigenvalue weighted by Crippen LogP contribution is -2.38. The van der Waals surface area contributed by atoms with E-state index in [0.29, 0.717) is 13.0 Å². The van der Waals surface area contributed by atoms with Crippen molar-refractivity contribution in [3.05, 3.63) is 29.6 Å². The topological polar surface area (TPSA) is 145 Å². The number of H-pyrrole nitrogens is 1. The zero-order chi connectivity index (χ0) is 20.8. The Kier molecular flexibility index (Phi) is 10.9. The van der Waals surface area contributed by atoms with Crippen LogP contribution < -0.4 is 5.32 Å². The number of fused-ring (bicyclic) bond motifs is 1. The second kappa shape index (κ2) is 13.2. The van der Waals surface area contributed by atoms with Gasteiger partial charge in [0.05, 0.1) is 24.2 Å². The van der Waals surface area contributed by atoms with Gasteiger partial charge in [0.25, 0.3) is 12.9 Å². The molecule has 4 N–H and O–H groups in total. The van der Waals surface area contributed by atoms with Crippen LogP contribution in [0.3, 0.4) is 0 Å². The molecule has 0 aliphatic carbocycles. The third-order valence-corrected chi connectivity index (χ3v) is 3.91. The average molecular weight is 394 g/mol. The minimum atomic E-state index is -0.250. The fourth-order valence-electron chi connectivity index (χ4n) is 2.67. The molecule has 0 spiro atoms. The van der Waals surface area contributed by atoms with Crippen molar-refractivity contribution in [1.29, 1.82) is 0 Å². The summed E-state index contributed by atoms with van der Waals surface area (Å²) in [5.74, 6) is 0.995. The Balaban J connectivity index is 0.000000582. The fourth-order valence-corrected chi connectivity index (χ4v) is 2.67. The molecular formula is C18H26N4O6. The number of aryl methyl sites for hydroxylation is 1. The molecule has 10 nitrogen and oxygen atoms in total. The lowest BCUT2D eigenvalue weighted by Gasteiger charge is -2.26. The molecule has 1 aliphatic heterocycles. The molecule has 10 heteroatoms. The van der Waals surface area contributed by atoms with E-state index in [1.807, 2.05) is 25.1 Å². The van der Waals surface area contributed by atoms with Crippen LogP contribution in [0.15, 0.2) is 18.2 Å². The normalized spacial score (nSPS) is 13.5. The van der Waals surface area contributed by atoms with Gasteiger partial charge in [-0.05, 0) is 24.6 Å². The molecule has 1 saturated heterocycles. The number of nitrogens with zero attached hydrogens (tertiary/aromatic N) is 2. The van der Waals surface area contributed by atoms with E-state index in [0.717, 1.165) is 55.3 Å². The van der Waals surface area contributed by atoms with Gasteiger partial charge in [-0.2, -0.15) is 0 Å². The predicted molar refractivity (Wildman–Crippen MR) is 102 cm³/mol. The van der Waals surface area contributed by atoms with E-state index in [1.165, 1.54) is 0 Å². The second-order valence-corrected chi connectivity index (χ2v) is 5.87. The summed E-state index contributed by atoms with van der Waals surface area (Å²) in [7, 11) is 0. The number of carbonyl (C=O) groups excluding carboxylic acids is 1. The van der Waals surface area contributed by atoms with Crippen LogP contribution in [0, 0.1) is 6.92 Å². The van der Waals surface area contributed by atoms with Crippen LogP contribution in [0.5, 0.6) is 0 Å². The number of benzene rings is 1. The summed E-state index contributed by atoms with van der Waals surface area (Å²) in [6.45, 7) is 6.17. The number of aromatic amines is 1. The molecule has 0 bridgehead atoms. The summed E-state index contributed by atoms with van der Waals surface area (Å²) in [6, 6.07) is 6.02. The van der Waals surface area contributed by atoms with Crippen molar-refractivity contribution in [2.24, 2.45) is 0 Å². The summed E-state index contributed by atoms with van der Waals surface area (Å²) in [4.78, 5) is 38.5. The fraction of sp³-hybridized carbons (Fsp3) is 0.444. The molecule has 28 heavy (non-hydrogen) atoms. The molecule has 0 atom stereocenters. The van der Waals surface area contributed by atoms with Crippen LogP contribution in [-0.2, 0) is 25.7 Å². The zero-order valence-electron chi connectivity index (χ0n) is 15.8. The van der Waals surface area contributed by atoms with Crippen LogP contribution in [0.2, 0.25) is 0 Å². The smallest absolute Gasteiger partial charge is 0.290 e. The average Bonchev–Trinajstić information content (AvgIpc) is 3.06. The molecule has 1 aromatic heterocycles. The lowest BCUT2D eigenvalue weighted by molar-refractivity contribution is -0.123. The van der Waals surface area contributed by atoms with Crippen LogP contribution in [0.4, 0.5) is 0 Å². The van der Waals surface area contributed by atoms with Crippen LogP contribution in [0.25, 0.3) is 11.0 Å². The number of hydrogen-bond donors (Lipinski definition) is 4. The van der Waals surface area contributed by atoms with Gasteiger partial charge >= 0.3 is 0 Å². The number of ether oxygens (including phenoxy) is 1. The summed E-state index contributed by atoms with van der Waals surface area (Å²) < 4.78 is 5.30. The number of imidazole rings is 1. The SMILES string of the molecule is Cc1nc2ccc(CNC(=O)CCN3CCOCC3)cc2[nH]1.O=CO.O=CO. The molecular weight excluding hydrogens is 368 g/mol. The van der Waals surface area contributed by atoms with Crippen LogP contribution in [-0.4, -0.2) is 76.8 Å². The van der Waals surface area contributed by atoms with Gasteiger partial charge in [0, 0.05) is 32.6 Å². The molecule has 154 valence electrons. The highest BCUT2D eigenvalue weighted by atomic mass is 16.5. The number of hydrogen-bond acceptors (Lipinski definition) is 6. The Morgan fingerprint density at radius 1 is 1.29 bits per heavy atom. The number of rotatable bonds is 5. The van der Waals surface area contributed by atoms with Crippen molar-refractivity contribution >= 4 is 29.9 Å². The van der Waals surface area contributed by atoms with E-state index in [1.54, 1.807) is 0 Å². The molecule has 0 radical (unpaired) electrons. The largest absolute Gasteiger partial charge is 0.483 e. The second-order valence-electron chi connectivity index (χ2n) is 5.87. The third-order valence-electron chi connectivity index (χ3n) is 3.91. The van der Waals surface area contributed by atoms with Gasteiger partial charge in [-0.25, -0.2) is 4.98 Å². The Hall–Kier alpha value is -2.98. The minimum absolute atomic E-state index is 0.0902. The van der Waals surface area contributed by atoms with Gasteiger partial charge in [-0.15, -0.1) is 0 Å². The molecule has 2 heterocycles. The predicted octanol–water partition coefficient (Wildman–Crippen LogP) is 0.611. The van der Waals surface area contributed by atoms with E-state index >= 15 is 0 Å². The highest BCUT2D eigenvalue weighted by molar-refractivity contribution is 5.77. The number of morpholine rings is 1. The first-order chi connectivity index (χ1) is 13.5. The van der Waals surface area contributed by atoms with E-state index in [-0.39, 0.29) is 18.9 Å². The van der Waals surface area contributed by atoms with Crippen LogP contribution >= 0.6 is 0 Å². The monoisotopic (exact) mass is 394 g/mol. The highest BCUT2D eigenvalue weighted by Crippen LogP contribution is 2.13. The molecule has 1 fully saturated rings. The maximum absolute atomic E-state index is 11.9. The number of carbonyl (C=O) groups is 3. The molecule has 1 amide bonds. The number of aromatic nitrogens is 2. The third kappa shape index (κ3) is 8.60. The summed E-state index contributed by atoms with van der Waals surface area (Å²) in [5.41, 5.74) is 3.05. The Bertz CT molecular complexity index is 737. The van der Waals surface area contributed by atoms with Crippen molar-refractivity contribution in [2.75, 3.05) is 32.8 Å². The van der Waals surface area contributed by atoms with Gasteiger partial charge in [-0.3, -0.25) is 19.3 Å². The quantitative estimate of drug-likeness (QED) is 0.540. The summed E-state index contributed by atoms with van der Waals surface area (Å²) in [5, 5.41) is 16.8. The van der Waals surface area contributed by atoms with E-state index < -0.39 is 0 Å². The maximum atomic E-state index is 11.9. The first kappa shape index (κ1) is 23.1. The maximum Gasteiger partial charge on any atom is 0.290 e. The lowest BCUT2D eigenvalue weighted by atomic mass is 10.2. The van der Waals surface area contributed by atoms with Crippen molar-refractivity contribution in [1.82, 2.24) is 20.2 Å². The van der Waals surface area contributed by atoms with Crippen molar-refractivity contribution < 1.29 is 29.3 Å². The molecule has 2 aromatic rings. The summed E-state index contributed by atoms with van der Waals surface area (Å²) >= 11 is 0.